The zero-order valence-corrected chi connectivity index (χ0v) is 17.0. The number of hydrogen-bond acceptors (Lipinski definition) is 3. The van der Waals surface area contributed by atoms with Crippen molar-refractivity contribution in [3.8, 4) is 0 Å². The fourth-order valence-corrected chi connectivity index (χ4v) is 4.81. The van der Waals surface area contributed by atoms with Crippen LogP contribution in [0.25, 0.3) is 0 Å². The molecule has 1 heterocycles. The van der Waals surface area contributed by atoms with Gasteiger partial charge in [-0.1, -0.05) is 37.5 Å². The van der Waals surface area contributed by atoms with Gasteiger partial charge in [-0.15, -0.1) is 11.8 Å². The van der Waals surface area contributed by atoms with Crippen molar-refractivity contribution < 1.29 is 9.59 Å². The van der Waals surface area contributed by atoms with Gasteiger partial charge in [-0.05, 0) is 44.2 Å². The van der Waals surface area contributed by atoms with Gasteiger partial charge in [0.25, 0.3) is 0 Å². The van der Waals surface area contributed by atoms with Crippen molar-refractivity contribution in [1.29, 1.82) is 0 Å². The van der Waals surface area contributed by atoms with Gasteiger partial charge in [-0.2, -0.15) is 0 Å². The van der Waals surface area contributed by atoms with Gasteiger partial charge in [0.15, 0.2) is 0 Å². The quantitative estimate of drug-likeness (QED) is 0.755. The zero-order chi connectivity index (χ0) is 19.1. The predicted octanol–water partition coefficient (Wildman–Crippen LogP) is 3.71. The third-order valence-corrected chi connectivity index (χ3v) is 6.73. The Kier molecular flexibility index (Phi) is 7.44. The SMILES string of the molecule is Cc1ccccc1SCC(=O)N1CCC(NC(=O)NC2CCCCC2)CC1. The average Bonchev–Trinajstić information content (AvgIpc) is 2.68. The molecule has 0 radical (unpaired) electrons. The van der Waals surface area contributed by atoms with Crippen molar-refractivity contribution in [3.63, 3.8) is 0 Å². The molecule has 27 heavy (non-hydrogen) atoms. The number of benzene rings is 1. The average molecular weight is 390 g/mol. The molecule has 3 amide bonds. The van der Waals surface area contributed by atoms with Crippen LogP contribution in [0.4, 0.5) is 4.79 Å². The van der Waals surface area contributed by atoms with Crippen molar-refractivity contribution in [3.05, 3.63) is 29.8 Å². The van der Waals surface area contributed by atoms with Gasteiger partial charge in [0, 0.05) is 30.1 Å². The Hall–Kier alpha value is -1.69. The second kappa shape index (κ2) is 10.0. The number of aryl methyl sites for hydroxylation is 1. The second-order valence-corrected chi connectivity index (χ2v) is 8.68. The fraction of sp³-hybridized carbons (Fsp3) is 0.619. The molecule has 0 bridgehead atoms. The minimum absolute atomic E-state index is 0.0400. The Bertz CT molecular complexity index is 638. The number of hydrogen-bond donors (Lipinski definition) is 2. The van der Waals surface area contributed by atoms with E-state index in [1.165, 1.54) is 29.7 Å². The predicted molar refractivity (Wildman–Crippen MR) is 110 cm³/mol. The molecule has 1 aromatic rings. The van der Waals surface area contributed by atoms with Crippen LogP contribution in [-0.2, 0) is 4.79 Å². The third-order valence-electron chi connectivity index (χ3n) is 5.57. The molecule has 0 atom stereocenters. The van der Waals surface area contributed by atoms with E-state index in [1.54, 1.807) is 11.8 Å². The monoisotopic (exact) mass is 389 g/mol. The Morgan fingerprint density at radius 2 is 1.63 bits per heavy atom. The molecule has 2 N–H and O–H groups in total. The molecule has 2 fully saturated rings. The van der Waals surface area contributed by atoms with Crippen LogP contribution in [0.5, 0.6) is 0 Å². The van der Waals surface area contributed by atoms with Crippen LogP contribution in [0.15, 0.2) is 29.2 Å². The van der Waals surface area contributed by atoms with Gasteiger partial charge < -0.3 is 15.5 Å². The van der Waals surface area contributed by atoms with Crippen molar-refractivity contribution >= 4 is 23.7 Å². The first-order valence-corrected chi connectivity index (χ1v) is 11.1. The van der Waals surface area contributed by atoms with Gasteiger partial charge in [0.2, 0.25) is 5.91 Å². The number of urea groups is 1. The molecule has 3 rings (SSSR count). The summed E-state index contributed by atoms with van der Waals surface area (Å²) in [7, 11) is 0. The summed E-state index contributed by atoms with van der Waals surface area (Å²) in [5.74, 6) is 0.666. The van der Waals surface area contributed by atoms with Gasteiger partial charge in [-0.3, -0.25) is 4.79 Å². The summed E-state index contributed by atoms with van der Waals surface area (Å²) in [5.41, 5.74) is 1.21. The lowest BCUT2D eigenvalue weighted by Crippen LogP contribution is -2.51. The summed E-state index contributed by atoms with van der Waals surface area (Å²) in [5, 5.41) is 6.21. The van der Waals surface area contributed by atoms with E-state index in [1.807, 2.05) is 17.0 Å². The highest BCUT2D eigenvalue weighted by Gasteiger charge is 2.24. The van der Waals surface area contributed by atoms with E-state index in [0.717, 1.165) is 38.8 Å². The zero-order valence-electron chi connectivity index (χ0n) is 16.2. The standard InChI is InChI=1S/C21H31N3O2S/c1-16-7-5-6-10-19(16)27-15-20(25)24-13-11-18(12-14-24)23-21(26)22-17-8-3-2-4-9-17/h5-7,10,17-18H,2-4,8-9,11-15H2,1H3,(H2,22,23,26). The van der Waals surface area contributed by atoms with Crippen LogP contribution in [0.1, 0.15) is 50.5 Å². The van der Waals surface area contributed by atoms with Gasteiger partial charge in [0.1, 0.15) is 0 Å². The van der Waals surface area contributed by atoms with Crippen molar-refractivity contribution in [2.24, 2.45) is 0 Å². The van der Waals surface area contributed by atoms with E-state index in [4.69, 9.17) is 0 Å². The molecule has 0 spiro atoms. The smallest absolute Gasteiger partial charge is 0.315 e. The van der Waals surface area contributed by atoms with E-state index in [0.29, 0.717) is 11.8 Å². The highest BCUT2D eigenvalue weighted by atomic mass is 32.2. The molecular weight excluding hydrogens is 358 g/mol. The van der Waals surface area contributed by atoms with E-state index < -0.39 is 0 Å². The number of carbonyl (C=O) groups excluding carboxylic acids is 2. The van der Waals surface area contributed by atoms with Crippen LogP contribution in [0, 0.1) is 6.92 Å². The summed E-state index contributed by atoms with van der Waals surface area (Å²) in [6.45, 7) is 3.52. The number of rotatable bonds is 5. The normalized spacial score (nSPS) is 18.9. The molecule has 1 aromatic carbocycles. The second-order valence-electron chi connectivity index (χ2n) is 7.66. The lowest BCUT2D eigenvalue weighted by molar-refractivity contribution is -0.129. The first-order chi connectivity index (χ1) is 13.1. The lowest BCUT2D eigenvalue weighted by atomic mass is 9.96. The Labute approximate surface area is 166 Å². The van der Waals surface area contributed by atoms with Crippen LogP contribution in [-0.4, -0.2) is 47.8 Å². The number of likely N-dealkylation sites (tertiary alicyclic amines) is 1. The van der Waals surface area contributed by atoms with E-state index >= 15 is 0 Å². The maximum absolute atomic E-state index is 12.5. The minimum atomic E-state index is -0.0400. The van der Waals surface area contributed by atoms with Gasteiger partial charge in [-0.25, -0.2) is 4.79 Å². The summed E-state index contributed by atoms with van der Waals surface area (Å²) in [6.07, 6.45) is 7.57. The summed E-state index contributed by atoms with van der Waals surface area (Å²) < 4.78 is 0. The molecule has 0 unspecified atom stereocenters. The number of thioether (sulfide) groups is 1. The number of piperidine rings is 1. The number of nitrogens with zero attached hydrogens (tertiary/aromatic N) is 1. The number of carbonyl (C=O) groups is 2. The van der Waals surface area contributed by atoms with Gasteiger partial charge in [0.05, 0.1) is 5.75 Å². The van der Waals surface area contributed by atoms with Crippen molar-refractivity contribution in [1.82, 2.24) is 15.5 Å². The first-order valence-electron chi connectivity index (χ1n) is 10.1. The van der Waals surface area contributed by atoms with Crippen LogP contribution < -0.4 is 10.6 Å². The summed E-state index contributed by atoms with van der Waals surface area (Å²) >= 11 is 1.61. The Morgan fingerprint density at radius 3 is 2.30 bits per heavy atom. The highest BCUT2D eigenvalue weighted by Crippen LogP contribution is 2.23. The maximum atomic E-state index is 12.5. The molecule has 1 saturated carbocycles. The molecule has 148 valence electrons. The van der Waals surface area contributed by atoms with Crippen molar-refractivity contribution in [2.45, 2.75) is 68.8 Å². The van der Waals surface area contributed by atoms with Gasteiger partial charge >= 0.3 is 6.03 Å². The molecule has 2 aliphatic rings. The van der Waals surface area contributed by atoms with Crippen molar-refractivity contribution in [2.75, 3.05) is 18.8 Å². The molecule has 1 aliphatic carbocycles. The summed E-state index contributed by atoms with van der Waals surface area (Å²) in [4.78, 5) is 27.8. The highest BCUT2D eigenvalue weighted by molar-refractivity contribution is 8.00. The molecule has 1 aliphatic heterocycles. The Balaban J connectivity index is 1.36. The van der Waals surface area contributed by atoms with E-state index in [-0.39, 0.29) is 18.0 Å². The molecular formula is C21H31N3O2S. The number of amides is 3. The third kappa shape index (κ3) is 6.16. The molecule has 5 nitrogen and oxygen atoms in total. The maximum Gasteiger partial charge on any atom is 0.315 e. The van der Waals surface area contributed by atoms with Crippen LogP contribution in [0.3, 0.4) is 0 Å². The van der Waals surface area contributed by atoms with Crippen LogP contribution >= 0.6 is 11.8 Å². The topological polar surface area (TPSA) is 61.4 Å². The van der Waals surface area contributed by atoms with E-state index in [9.17, 15) is 9.59 Å². The number of nitrogens with one attached hydrogen (secondary N) is 2. The Morgan fingerprint density at radius 1 is 1.00 bits per heavy atom. The minimum Gasteiger partial charge on any atom is -0.342 e. The molecule has 6 heteroatoms. The lowest BCUT2D eigenvalue weighted by Gasteiger charge is -2.33. The largest absolute Gasteiger partial charge is 0.342 e. The summed E-state index contributed by atoms with van der Waals surface area (Å²) in [6, 6.07) is 8.62. The fourth-order valence-electron chi connectivity index (χ4n) is 3.88. The first kappa shape index (κ1) is 20.1. The molecule has 0 aromatic heterocycles. The molecule has 1 saturated heterocycles. The van der Waals surface area contributed by atoms with Crippen LogP contribution in [0.2, 0.25) is 0 Å². The van der Waals surface area contributed by atoms with E-state index in [2.05, 4.69) is 29.7 Å².